The van der Waals surface area contributed by atoms with Gasteiger partial charge in [0, 0.05) is 33.7 Å². The highest BCUT2D eigenvalue weighted by atomic mass is 16.3. The van der Waals surface area contributed by atoms with Crippen molar-refractivity contribution in [2.75, 3.05) is 0 Å². The molecule has 0 aliphatic heterocycles. The van der Waals surface area contributed by atoms with Crippen LogP contribution in [0.4, 0.5) is 0 Å². The van der Waals surface area contributed by atoms with Crippen LogP contribution in [0.25, 0.3) is 99.2 Å². The van der Waals surface area contributed by atoms with Gasteiger partial charge in [0.15, 0.2) is 0 Å². The highest BCUT2D eigenvalue weighted by Gasteiger charge is 2.15. The Hall–Kier alpha value is -6.58. The summed E-state index contributed by atoms with van der Waals surface area (Å²) in [7, 11) is 0. The van der Waals surface area contributed by atoms with Gasteiger partial charge in [0.25, 0.3) is 0 Å². The van der Waals surface area contributed by atoms with Crippen LogP contribution in [0.15, 0.2) is 174 Å². The Morgan fingerprint density at radius 1 is 0.367 bits per heavy atom. The van der Waals surface area contributed by atoms with Gasteiger partial charge in [-0.05, 0) is 79.8 Å². The number of rotatable bonds is 4. The third-order valence-corrected chi connectivity index (χ3v) is 9.73. The summed E-state index contributed by atoms with van der Waals surface area (Å²) < 4.78 is 6.62. The second-order valence-electron chi connectivity index (χ2n) is 12.6. The summed E-state index contributed by atoms with van der Waals surface area (Å²) in [5.74, 6) is 1.71. The zero-order valence-electron chi connectivity index (χ0n) is 26.5. The molecule has 0 saturated heterocycles. The first-order valence-corrected chi connectivity index (χ1v) is 16.6. The van der Waals surface area contributed by atoms with Crippen molar-refractivity contribution in [2.45, 2.75) is 0 Å². The Labute approximate surface area is 282 Å². The molecule has 3 heteroatoms. The van der Waals surface area contributed by atoms with Gasteiger partial charge in [0.1, 0.15) is 11.5 Å². The maximum atomic E-state index is 6.62. The highest BCUT2D eigenvalue weighted by molar-refractivity contribution is 6.13. The molecule has 0 saturated carbocycles. The lowest BCUT2D eigenvalue weighted by Gasteiger charge is -2.13. The minimum absolute atomic E-state index is 0.844. The van der Waals surface area contributed by atoms with E-state index in [4.69, 9.17) is 9.40 Å². The van der Waals surface area contributed by atoms with Crippen LogP contribution in [0.3, 0.4) is 0 Å². The van der Waals surface area contributed by atoms with Gasteiger partial charge >= 0.3 is 0 Å². The Morgan fingerprint density at radius 2 is 1.00 bits per heavy atom. The first-order valence-electron chi connectivity index (χ1n) is 16.6. The van der Waals surface area contributed by atoms with E-state index >= 15 is 0 Å². The predicted molar refractivity (Wildman–Crippen MR) is 204 cm³/mol. The molecule has 0 fully saturated rings. The summed E-state index contributed by atoms with van der Waals surface area (Å²) in [5, 5.41) is 9.39. The third kappa shape index (κ3) is 4.51. The Morgan fingerprint density at radius 3 is 1.86 bits per heavy atom. The van der Waals surface area contributed by atoms with E-state index < -0.39 is 0 Å². The van der Waals surface area contributed by atoms with Crippen LogP contribution in [0.2, 0.25) is 0 Å². The zero-order chi connectivity index (χ0) is 32.3. The molecule has 0 aliphatic rings. The Kier molecular flexibility index (Phi) is 6.18. The number of fused-ring (bicyclic) bond motifs is 7. The molecule has 0 spiro atoms. The van der Waals surface area contributed by atoms with Gasteiger partial charge in [-0.2, -0.15) is 0 Å². The SMILES string of the molecule is c1cc(-c2ccc(-c3cc4ccccc4c4ccccc34)o2)cc(-c2ccc(-c3ccc4ccc5cccnc5c4n3)c3ccccc23)c1. The maximum absolute atomic E-state index is 6.62. The molecule has 228 valence electrons. The molecule has 10 rings (SSSR count). The fraction of sp³-hybridized carbons (Fsp3) is 0. The van der Waals surface area contributed by atoms with Crippen molar-refractivity contribution in [1.82, 2.24) is 9.97 Å². The zero-order valence-corrected chi connectivity index (χ0v) is 26.5. The Balaban J connectivity index is 1.06. The Bertz CT molecular complexity index is 2900. The number of nitrogens with zero attached hydrogens (tertiary/aromatic N) is 2. The summed E-state index contributed by atoms with van der Waals surface area (Å²) in [6, 6.07) is 57.8. The van der Waals surface area contributed by atoms with Gasteiger partial charge in [-0.1, -0.05) is 127 Å². The molecule has 3 heterocycles. The molecule has 0 N–H and O–H groups in total. The van der Waals surface area contributed by atoms with E-state index in [1.165, 1.54) is 32.5 Å². The van der Waals surface area contributed by atoms with Crippen molar-refractivity contribution in [2.24, 2.45) is 0 Å². The van der Waals surface area contributed by atoms with E-state index in [9.17, 15) is 0 Å². The molecular formula is C46H28N2O. The number of pyridine rings is 2. The molecular weight excluding hydrogens is 597 g/mol. The van der Waals surface area contributed by atoms with Crippen LogP contribution in [-0.2, 0) is 0 Å². The quantitative estimate of drug-likeness (QED) is 0.183. The lowest BCUT2D eigenvalue weighted by molar-refractivity contribution is 0.598. The van der Waals surface area contributed by atoms with E-state index in [-0.39, 0.29) is 0 Å². The van der Waals surface area contributed by atoms with Gasteiger partial charge in [-0.25, -0.2) is 4.98 Å². The van der Waals surface area contributed by atoms with E-state index in [1.807, 2.05) is 12.3 Å². The number of hydrogen-bond acceptors (Lipinski definition) is 3. The molecule has 0 unspecified atom stereocenters. The molecule has 0 bridgehead atoms. The van der Waals surface area contributed by atoms with E-state index in [2.05, 4.69) is 163 Å². The molecule has 0 atom stereocenters. The van der Waals surface area contributed by atoms with Crippen molar-refractivity contribution in [1.29, 1.82) is 0 Å². The van der Waals surface area contributed by atoms with E-state index in [0.717, 1.165) is 66.7 Å². The summed E-state index contributed by atoms with van der Waals surface area (Å²) in [6.07, 6.45) is 1.84. The van der Waals surface area contributed by atoms with Gasteiger partial charge in [0.05, 0.1) is 16.7 Å². The van der Waals surface area contributed by atoms with Crippen LogP contribution in [0, 0.1) is 0 Å². The summed E-state index contributed by atoms with van der Waals surface area (Å²) in [5.41, 5.74) is 8.33. The van der Waals surface area contributed by atoms with Crippen LogP contribution < -0.4 is 0 Å². The smallest absolute Gasteiger partial charge is 0.135 e. The van der Waals surface area contributed by atoms with Crippen molar-refractivity contribution in [3.63, 3.8) is 0 Å². The second-order valence-corrected chi connectivity index (χ2v) is 12.6. The van der Waals surface area contributed by atoms with Crippen molar-refractivity contribution in [3.8, 4) is 45.0 Å². The minimum Gasteiger partial charge on any atom is -0.456 e. The summed E-state index contributed by atoms with van der Waals surface area (Å²) >= 11 is 0. The number of benzene rings is 7. The van der Waals surface area contributed by atoms with Crippen LogP contribution in [0.1, 0.15) is 0 Å². The van der Waals surface area contributed by atoms with Crippen LogP contribution >= 0.6 is 0 Å². The third-order valence-electron chi connectivity index (χ3n) is 9.73. The molecule has 10 aromatic rings. The molecule has 0 aliphatic carbocycles. The van der Waals surface area contributed by atoms with Gasteiger partial charge in [0.2, 0.25) is 0 Å². The largest absolute Gasteiger partial charge is 0.456 e. The normalized spacial score (nSPS) is 11.7. The standard InChI is InChI=1S/C46H28N2O/c1-2-13-34-32(9-1)28-41(39-17-6-4-14-36(34)39)44-25-24-43(49-44)33-11-7-10-31(27-33)35-21-22-40(38-16-5-3-15-37(35)38)42-23-20-30-19-18-29-12-8-26-47-45(29)46(30)48-42/h1-28H. The second kappa shape index (κ2) is 11.0. The number of hydrogen-bond donors (Lipinski definition) is 0. The molecule has 0 radical (unpaired) electrons. The maximum Gasteiger partial charge on any atom is 0.135 e. The van der Waals surface area contributed by atoms with Gasteiger partial charge < -0.3 is 4.42 Å². The summed E-state index contributed by atoms with van der Waals surface area (Å²) in [4.78, 5) is 9.84. The number of aromatic nitrogens is 2. The molecule has 3 aromatic heterocycles. The summed E-state index contributed by atoms with van der Waals surface area (Å²) in [6.45, 7) is 0. The van der Waals surface area contributed by atoms with Crippen LogP contribution in [0.5, 0.6) is 0 Å². The minimum atomic E-state index is 0.844. The molecule has 49 heavy (non-hydrogen) atoms. The van der Waals surface area contributed by atoms with Gasteiger partial charge in [-0.15, -0.1) is 0 Å². The molecule has 0 amide bonds. The lowest BCUT2D eigenvalue weighted by Crippen LogP contribution is -1.91. The average molecular weight is 625 g/mol. The molecule has 3 nitrogen and oxygen atoms in total. The first-order chi connectivity index (χ1) is 24.3. The predicted octanol–water partition coefficient (Wildman–Crippen LogP) is 12.5. The van der Waals surface area contributed by atoms with Crippen molar-refractivity contribution < 1.29 is 4.42 Å². The fourth-order valence-corrected chi connectivity index (χ4v) is 7.38. The van der Waals surface area contributed by atoms with Gasteiger partial charge in [-0.3, -0.25) is 4.98 Å². The van der Waals surface area contributed by atoms with E-state index in [1.54, 1.807) is 0 Å². The van der Waals surface area contributed by atoms with Crippen molar-refractivity contribution in [3.05, 3.63) is 170 Å². The first kappa shape index (κ1) is 27.5. The molecule has 7 aromatic carbocycles. The number of furan rings is 1. The topological polar surface area (TPSA) is 38.9 Å². The van der Waals surface area contributed by atoms with Crippen LogP contribution in [-0.4, -0.2) is 9.97 Å². The lowest BCUT2D eigenvalue weighted by atomic mass is 9.92. The average Bonchev–Trinajstić information content (AvgIpc) is 3.67. The highest BCUT2D eigenvalue weighted by Crippen LogP contribution is 2.40. The van der Waals surface area contributed by atoms with E-state index in [0.29, 0.717) is 0 Å². The fourth-order valence-electron chi connectivity index (χ4n) is 7.38. The monoisotopic (exact) mass is 624 g/mol. The van der Waals surface area contributed by atoms with Crippen molar-refractivity contribution >= 4 is 54.1 Å².